The zero-order chi connectivity index (χ0) is 9.42. The van der Waals surface area contributed by atoms with Gasteiger partial charge in [-0.2, -0.15) is 0 Å². The van der Waals surface area contributed by atoms with E-state index in [0.29, 0.717) is 16.4 Å². The zero-order valence-corrected chi connectivity index (χ0v) is 8.89. The van der Waals surface area contributed by atoms with E-state index < -0.39 is 0 Å². The summed E-state index contributed by atoms with van der Waals surface area (Å²) in [6.45, 7) is -0.114. The summed E-state index contributed by atoms with van der Waals surface area (Å²) in [4.78, 5) is 0. The summed E-state index contributed by atoms with van der Waals surface area (Å²) < 4.78 is 6.19. The summed E-state index contributed by atoms with van der Waals surface area (Å²) in [6.07, 6.45) is 0. The van der Waals surface area contributed by atoms with Gasteiger partial charge in [0.05, 0.1) is 9.50 Å². The molecule has 0 saturated heterocycles. The molecule has 0 aliphatic rings. The van der Waals surface area contributed by atoms with Crippen molar-refractivity contribution >= 4 is 38.5 Å². The molecule has 0 fully saturated rings. The van der Waals surface area contributed by atoms with Gasteiger partial charge in [-0.1, -0.05) is 11.6 Å². The third kappa shape index (κ3) is 1.47. The number of aliphatic hydroxyl groups excluding tert-OH is 1. The average molecular weight is 262 g/mol. The van der Waals surface area contributed by atoms with Crippen molar-refractivity contribution in [3.05, 3.63) is 33.5 Å². The zero-order valence-electron chi connectivity index (χ0n) is 6.55. The second-order valence-electron chi connectivity index (χ2n) is 2.64. The SMILES string of the molecule is OCc1cc2c(Cl)ccc(Br)c2o1. The van der Waals surface area contributed by atoms with Gasteiger partial charge in [-0.25, -0.2) is 0 Å². The van der Waals surface area contributed by atoms with Crippen molar-refractivity contribution < 1.29 is 9.52 Å². The van der Waals surface area contributed by atoms with Crippen molar-refractivity contribution in [2.75, 3.05) is 0 Å². The van der Waals surface area contributed by atoms with Crippen LogP contribution < -0.4 is 0 Å². The van der Waals surface area contributed by atoms with Crippen LogP contribution in [-0.4, -0.2) is 5.11 Å². The van der Waals surface area contributed by atoms with E-state index in [4.69, 9.17) is 21.1 Å². The van der Waals surface area contributed by atoms with Gasteiger partial charge < -0.3 is 9.52 Å². The molecule has 0 spiro atoms. The van der Waals surface area contributed by atoms with Crippen LogP contribution in [0.5, 0.6) is 0 Å². The molecule has 0 saturated carbocycles. The van der Waals surface area contributed by atoms with Crippen LogP contribution in [0.4, 0.5) is 0 Å². The number of aliphatic hydroxyl groups is 1. The van der Waals surface area contributed by atoms with E-state index in [1.165, 1.54) is 0 Å². The first kappa shape index (κ1) is 9.06. The summed E-state index contributed by atoms with van der Waals surface area (Å²) in [5, 5.41) is 10.3. The van der Waals surface area contributed by atoms with Crippen LogP contribution in [0.3, 0.4) is 0 Å². The molecule has 2 nitrogen and oxygen atoms in total. The predicted molar refractivity (Wildman–Crippen MR) is 54.8 cm³/mol. The lowest BCUT2D eigenvalue weighted by atomic mass is 10.2. The maximum absolute atomic E-state index is 8.87. The van der Waals surface area contributed by atoms with E-state index in [0.717, 1.165) is 9.86 Å². The lowest BCUT2D eigenvalue weighted by molar-refractivity contribution is 0.251. The van der Waals surface area contributed by atoms with Crippen molar-refractivity contribution in [1.29, 1.82) is 0 Å². The van der Waals surface area contributed by atoms with Gasteiger partial charge in [0.15, 0.2) is 0 Å². The number of rotatable bonds is 1. The third-order valence-electron chi connectivity index (χ3n) is 1.79. The Labute approximate surface area is 88.2 Å². The first-order chi connectivity index (χ1) is 6.22. The van der Waals surface area contributed by atoms with E-state index in [-0.39, 0.29) is 6.61 Å². The molecule has 0 radical (unpaired) electrons. The molecule has 2 aromatic rings. The second-order valence-corrected chi connectivity index (χ2v) is 3.90. The van der Waals surface area contributed by atoms with Crippen molar-refractivity contribution in [2.45, 2.75) is 6.61 Å². The molecule has 2 rings (SSSR count). The van der Waals surface area contributed by atoms with E-state index in [1.54, 1.807) is 12.1 Å². The fourth-order valence-corrected chi connectivity index (χ4v) is 1.82. The Morgan fingerprint density at radius 1 is 1.46 bits per heavy atom. The van der Waals surface area contributed by atoms with Gasteiger partial charge in [-0.3, -0.25) is 0 Å². The van der Waals surface area contributed by atoms with Crippen molar-refractivity contribution in [1.82, 2.24) is 0 Å². The highest BCUT2D eigenvalue weighted by atomic mass is 79.9. The van der Waals surface area contributed by atoms with Gasteiger partial charge >= 0.3 is 0 Å². The Bertz CT molecular complexity index is 411. The summed E-state index contributed by atoms with van der Waals surface area (Å²) in [6, 6.07) is 5.34. The molecule has 1 heterocycles. The van der Waals surface area contributed by atoms with Gasteiger partial charge in [0.25, 0.3) is 0 Å². The highest BCUT2D eigenvalue weighted by Gasteiger charge is 2.08. The normalized spacial score (nSPS) is 11.0. The lowest BCUT2D eigenvalue weighted by Crippen LogP contribution is -1.72. The van der Waals surface area contributed by atoms with Crippen molar-refractivity contribution in [3.63, 3.8) is 0 Å². The Kier molecular flexibility index (Phi) is 2.32. The van der Waals surface area contributed by atoms with Crippen molar-refractivity contribution in [2.24, 2.45) is 0 Å². The number of fused-ring (bicyclic) bond motifs is 1. The minimum atomic E-state index is -0.114. The maximum atomic E-state index is 8.87. The Hall–Kier alpha value is -0.510. The third-order valence-corrected chi connectivity index (χ3v) is 2.74. The number of hydrogen-bond acceptors (Lipinski definition) is 2. The predicted octanol–water partition coefficient (Wildman–Crippen LogP) is 3.34. The number of hydrogen-bond donors (Lipinski definition) is 1. The van der Waals surface area contributed by atoms with Gasteiger partial charge in [-0.05, 0) is 34.1 Å². The molecule has 1 aromatic carbocycles. The van der Waals surface area contributed by atoms with Crippen LogP contribution in [-0.2, 0) is 6.61 Å². The van der Waals surface area contributed by atoms with Crippen LogP contribution >= 0.6 is 27.5 Å². The van der Waals surface area contributed by atoms with Gasteiger partial charge in [0.2, 0.25) is 0 Å². The van der Waals surface area contributed by atoms with E-state index in [9.17, 15) is 0 Å². The number of furan rings is 1. The molecular formula is C9H6BrClO2. The lowest BCUT2D eigenvalue weighted by Gasteiger charge is -1.93. The van der Waals surface area contributed by atoms with E-state index >= 15 is 0 Å². The van der Waals surface area contributed by atoms with E-state index in [2.05, 4.69) is 15.9 Å². The average Bonchev–Trinajstić information content (AvgIpc) is 2.56. The monoisotopic (exact) mass is 260 g/mol. The number of benzene rings is 1. The maximum Gasteiger partial charge on any atom is 0.150 e. The molecular weight excluding hydrogens is 255 g/mol. The smallest absolute Gasteiger partial charge is 0.150 e. The fourth-order valence-electron chi connectivity index (χ4n) is 1.19. The van der Waals surface area contributed by atoms with Crippen LogP contribution in [0.25, 0.3) is 11.0 Å². The molecule has 0 unspecified atom stereocenters. The fraction of sp³-hybridized carbons (Fsp3) is 0.111. The van der Waals surface area contributed by atoms with Crippen LogP contribution in [0.1, 0.15) is 5.76 Å². The Morgan fingerprint density at radius 3 is 2.85 bits per heavy atom. The quantitative estimate of drug-likeness (QED) is 0.854. The summed E-state index contributed by atoms with van der Waals surface area (Å²) >= 11 is 9.28. The molecule has 0 aliphatic carbocycles. The minimum absolute atomic E-state index is 0.114. The molecule has 68 valence electrons. The second kappa shape index (κ2) is 3.33. The minimum Gasteiger partial charge on any atom is -0.457 e. The molecule has 0 amide bonds. The highest BCUT2D eigenvalue weighted by molar-refractivity contribution is 9.10. The summed E-state index contributed by atoms with van der Waals surface area (Å²) in [5.74, 6) is 0.517. The first-order valence-electron chi connectivity index (χ1n) is 3.69. The molecule has 4 heteroatoms. The standard InChI is InChI=1S/C9H6BrClO2/c10-7-1-2-8(11)6-3-5(4-12)13-9(6)7/h1-3,12H,4H2. The van der Waals surface area contributed by atoms with Crippen LogP contribution in [0.2, 0.25) is 5.02 Å². The van der Waals surface area contributed by atoms with Gasteiger partial charge in [0, 0.05) is 5.39 Å². The van der Waals surface area contributed by atoms with Crippen LogP contribution in [0, 0.1) is 0 Å². The van der Waals surface area contributed by atoms with Crippen LogP contribution in [0.15, 0.2) is 27.1 Å². The highest BCUT2D eigenvalue weighted by Crippen LogP contribution is 2.32. The molecule has 1 N–H and O–H groups in total. The molecule has 13 heavy (non-hydrogen) atoms. The molecule has 0 aliphatic heterocycles. The van der Waals surface area contributed by atoms with Crippen molar-refractivity contribution in [3.8, 4) is 0 Å². The molecule has 1 aromatic heterocycles. The van der Waals surface area contributed by atoms with Gasteiger partial charge in [0.1, 0.15) is 18.0 Å². The topological polar surface area (TPSA) is 33.4 Å². The largest absolute Gasteiger partial charge is 0.457 e. The molecule has 0 atom stereocenters. The number of halogens is 2. The Balaban J connectivity index is 2.80. The summed E-state index contributed by atoms with van der Waals surface area (Å²) in [5.41, 5.74) is 0.677. The molecule has 0 bridgehead atoms. The summed E-state index contributed by atoms with van der Waals surface area (Å²) in [7, 11) is 0. The Morgan fingerprint density at radius 2 is 2.23 bits per heavy atom. The van der Waals surface area contributed by atoms with Gasteiger partial charge in [-0.15, -0.1) is 0 Å². The van der Waals surface area contributed by atoms with E-state index in [1.807, 2.05) is 6.07 Å². The first-order valence-corrected chi connectivity index (χ1v) is 4.86.